The van der Waals surface area contributed by atoms with Crippen molar-refractivity contribution in [2.45, 2.75) is 48.5 Å². The number of aryl methyl sites for hydroxylation is 3. The van der Waals surface area contributed by atoms with Gasteiger partial charge in [-0.15, -0.1) is 0 Å². The quantitative estimate of drug-likeness (QED) is 0.113. The van der Waals surface area contributed by atoms with Crippen LogP contribution in [-0.4, -0.2) is 0 Å². The second kappa shape index (κ2) is 24.4. The van der Waals surface area contributed by atoms with Gasteiger partial charge in [-0.3, -0.25) is 0 Å². The summed E-state index contributed by atoms with van der Waals surface area (Å²) in [5.74, 6) is 0. The Balaban J connectivity index is 0.000000710. The Hall–Kier alpha value is -8.34. The van der Waals surface area contributed by atoms with E-state index in [1.807, 2.05) is 106 Å². The molecule has 8 aromatic carbocycles. The van der Waals surface area contributed by atoms with Gasteiger partial charge in [0.05, 0.1) is 0 Å². The molecule has 0 radical (unpaired) electrons. The van der Waals surface area contributed by atoms with E-state index in [4.69, 9.17) is 4.42 Å². The summed E-state index contributed by atoms with van der Waals surface area (Å²) < 4.78 is 7.25. The van der Waals surface area contributed by atoms with Gasteiger partial charge in [0.15, 0.2) is 0 Å². The molecule has 1 aromatic heterocycles. The Morgan fingerprint density at radius 2 is 1.04 bits per heavy atom. The summed E-state index contributed by atoms with van der Waals surface area (Å²) in [6.45, 7) is 14.5. The molecule has 0 unspecified atom stereocenters. The lowest BCUT2D eigenvalue weighted by molar-refractivity contribution is 0.671. The van der Waals surface area contributed by atoms with Crippen molar-refractivity contribution < 1.29 is 4.42 Å². The van der Waals surface area contributed by atoms with Gasteiger partial charge in [-0.1, -0.05) is 177 Å². The van der Waals surface area contributed by atoms with Crippen molar-refractivity contribution in [3.8, 4) is 22.3 Å². The third kappa shape index (κ3) is 12.0. The van der Waals surface area contributed by atoms with E-state index in [-0.39, 0.29) is 0 Å². The Bertz CT molecular complexity index is 3170. The minimum atomic E-state index is 0.846. The van der Waals surface area contributed by atoms with Crippen LogP contribution in [0, 0.1) is 20.8 Å². The highest BCUT2D eigenvalue weighted by Crippen LogP contribution is 2.47. The Labute approximate surface area is 410 Å². The number of para-hydroxylation sites is 3. The van der Waals surface area contributed by atoms with Crippen LogP contribution in [0.1, 0.15) is 55.5 Å². The highest BCUT2D eigenvalue weighted by molar-refractivity contribution is 6.16. The van der Waals surface area contributed by atoms with E-state index in [9.17, 15) is 0 Å². The fraction of sp³-hybridized carbons (Fsp3) is 0.108. The summed E-state index contributed by atoms with van der Waals surface area (Å²) >= 11 is 0. The molecule has 0 saturated carbocycles. The Kier molecular flexibility index (Phi) is 17.2. The zero-order valence-electron chi connectivity index (χ0n) is 40.9. The van der Waals surface area contributed by atoms with Crippen LogP contribution in [0.25, 0.3) is 56.3 Å². The van der Waals surface area contributed by atoms with E-state index in [0.29, 0.717) is 0 Å². The monoisotopic (exact) mass is 901 g/mol. The number of fused-ring (bicyclic) bond motifs is 3. The molecular formula is C65H63N3O. The minimum absolute atomic E-state index is 0.846. The molecule has 344 valence electrons. The van der Waals surface area contributed by atoms with Crippen molar-refractivity contribution in [2.24, 2.45) is 0 Å². The first-order chi connectivity index (χ1) is 33.9. The van der Waals surface area contributed by atoms with Gasteiger partial charge in [-0.2, -0.15) is 0 Å². The minimum Gasteiger partial charge on any atom is -0.455 e. The van der Waals surface area contributed by atoms with Gasteiger partial charge in [0.1, 0.15) is 11.2 Å². The average molecular weight is 902 g/mol. The smallest absolute Gasteiger partial charge is 0.145 e. The van der Waals surface area contributed by atoms with Crippen molar-refractivity contribution in [1.82, 2.24) is 0 Å². The van der Waals surface area contributed by atoms with E-state index in [1.165, 1.54) is 11.1 Å². The Morgan fingerprint density at radius 1 is 0.449 bits per heavy atom. The number of nitrogens with one attached hydrogen (secondary N) is 2. The van der Waals surface area contributed by atoms with Crippen molar-refractivity contribution >= 4 is 62.5 Å². The highest BCUT2D eigenvalue weighted by Gasteiger charge is 2.23. The number of benzene rings is 8. The van der Waals surface area contributed by atoms with E-state index in [2.05, 4.69) is 201 Å². The topological polar surface area (TPSA) is 40.4 Å². The van der Waals surface area contributed by atoms with Crippen LogP contribution >= 0.6 is 0 Å². The predicted octanol–water partition coefficient (Wildman–Crippen LogP) is 19.2. The van der Waals surface area contributed by atoms with Crippen LogP contribution in [0.2, 0.25) is 0 Å². The molecule has 1 heterocycles. The number of anilines is 5. The maximum Gasteiger partial charge on any atom is 0.145 e. The maximum absolute atomic E-state index is 7.25. The summed E-state index contributed by atoms with van der Waals surface area (Å²) in [4.78, 5) is 2.31. The molecule has 0 aliphatic carbocycles. The molecule has 9 rings (SSSR count). The number of hydrogen-bond donors (Lipinski definition) is 2. The lowest BCUT2D eigenvalue weighted by atomic mass is 9.92. The fourth-order valence-corrected chi connectivity index (χ4v) is 8.30. The molecule has 0 atom stereocenters. The molecule has 4 heteroatoms. The van der Waals surface area contributed by atoms with Gasteiger partial charge in [0.2, 0.25) is 0 Å². The first kappa shape index (κ1) is 48.6. The first-order valence-electron chi connectivity index (χ1n) is 23.9. The molecule has 0 aliphatic heterocycles. The van der Waals surface area contributed by atoms with Crippen LogP contribution in [0.4, 0.5) is 28.4 Å². The molecule has 69 heavy (non-hydrogen) atoms. The fourth-order valence-electron chi connectivity index (χ4n) is 8.30. The summed E-state index contributed by atoms with van der Waals surface area (Å²) in [5, 5.41) is 9.03. The average Bonchev–Trinajstić information content (AvgIpc) is 3.77. The van der Waals surface area contributed by atoms with Gasteiger partial charge in [0, 0.05) is 56.5 Å². The standard InChI is InChI=1S/C56H49N3O.C7H8.C2H6/c1-5-20-43-31-30-42(21-12-7-8-19-37-57-44-22-13-9-14-23-44)38-51(43)54-52(58-36-6-2)35-34-49-48-33-29-41(4)53(55(48)60-56(49)54)50-39-47(32-28-40(50)3)59(45-24-15-10-16-25-45)46-26-17-11-18-27-46;1-7-5-3-2-4-6-7;1-2/h5-39,57-58H,1-4H3;2-6H,1H3;1-2H3/b8-7-,20-5-,21-12-,36-6+,37-19+;;. The van der Waals surface area contributed by atoms with Crippen molar-refractivity contribution in [3.63, 3.8) is 0 Å². The first-order valence-corrected chi connectivity index (χ1v) is 23.9. The summed E-state index contributed by atoms with van der Waals surface area (Å²) in [6.07, 6.45) is 20.5. The van der Waals surface area contributed by atoms with Crippen molar-refractivity contribution in [1.29, 1.82) is 0 Å². The molecular weight excluding hydrogens is 839 g/mol. The summed E-state index contributed by atoms with van der Waals surface area (Å²) in [5.41, 5.74) is 17.2. The second-order valence-electron chi connectivity index (χ2n) is 16.4. The van der Waals surface area contributed by atoms with Crippen LogP contribution in [-0.2, 0) is 0 Å². The molecule has 0 amide bonds. The zero-order chi connectivity index (χ0) is 48.4. The third-order valence-corrected chi connectivity index (χ3v) is 11.6. The Morgan fingerprint density at radius 3 is 1.67 bits per heavy atom. The van der Waals surface area contributed by atoms with Gasteiger partial charge < -0.3 is 20.0 Å². The van der Waals surface area contributed by atoms with Gasteiger partial charge in [0.25, 0.3) is 0 Å². The summed E-state index contributed by atoms with van der Waals surface area (Å²) in [6, 6.07) is 63.7. The third-order valence-electron chi connectivity index (χ3n) is 11.6. The van der Waals surface area contributed by atoms with Crippen LogP contribution in [0.15, 0.2) is 235 Å². The normalized spacial score (nSPS) is 11.4. The SMILES string of the molecule is C/C=C\c1ccc(\C=C/C=C\C=C\Nc2ccccc2)cc1-c1c(N/C=C/C)ccc2c1oc1c(-c3cc(N(c4ccccc4)c4ccccc4)ccc3C)c(C)ccc12.CC.Cc1ccccc1. The van der Waals surface area contributed by atoms with Gasteiger partial charge >= 0.3 is 0 Å². The lowest BCUT2D eigenvalue weighted by Gasteiger charge is -2.26. The van der Waals surface area contributed by atoms with E-state index in [1.54, 1.807) is 0 Å². The highest BCUT2D eigenvalue weighted by atomic mass is 16.3. The molecule has 0 bridgehead atoms. The molecule has 4 nitrogen and oxygen atoms in total. The number of furan rings is 1. The van der Waals surface area contributed by atoms with E-state index >= 15 is 0 Å². The van der Waals surface area contributed by atoms with Crippen LogP contribution in [0.3, 0.4) is 0 Å². The lowest BCUT2D eigenvalue weighted by Crippen LogP contribution is -2.10. The van der Waals surface area contributed by atoms with Crippen LogP contribution in [0.5, 0.6) is 0 Å². The predicted molar refractivity (Wildman–Crippen MR) is 302 cm³/mol. The van der Waals surface area contributed by atoms with Gasteiger partial charge in [-0.05, 0) is 147 Å². The molecule has 2 N–H and O–H groups in total. The molecule has 0 fully saturated rings. The number of allylic oxidation sites excluding steroid dienone is 6. The maximum atomic E-state index is 7.25. The largest absolute Gasteiger partial charge is 0.455 e. The molecule has 0 spiro atoms. The number of nitrogens with zero attached hydrogens (tertiary/aromatic N) is 1. The van der Waals surface area contributed by atoms with E-state index < -0.39 is 0 Å². The molecule has 9 aromatic rings. The zero-order valence-corrected chi connectivity index (χ0v) is 40.9. The van der Waals surface area contributed by atoms with Crippen molar-refractivity contribution in [3.05, 3.63) is 259 Å². The van der Waals surface area contributed by atoms with E-state index in [0.717, 1.165) is 89.3 Å². The second-order valence-corrected chi connectivity index (χ2v) is 16.4. The summed E-state index contributed by atoms with van der Waals surface area (Å²) in [7, 11) is 0. The number of hydrogen-bond acceptors (Lipinski definition) is 4. The molecule has 0 aliphatic rings. The van der Waals surface area contributed by atoms with Crippen molar-refractivity contribution in [2.75, 3.05) is 15.5 Å². The number of rotatable bonds is 13. The van der Waals surface area contributed by atoms with Crippen LogP contribution < -0.4 is 15.5 Å². The van der Waals surface area contributed by atoms with Gasteiger partial charge in [-0.25, -0.2) is 0 Å². The molecule has 0 saturated heterocycles.